The van der Waals surface area contributed by atoms with Crippen LogP contribution in [0.15, 0.2) is 4.79 Å². The predicted octanol–water partition coefficient (Wildman–Crippen LogP) is 2.64. The van der Waals surface area contributed by atoms with E-state index in [1.807, 2.05) is 6.92 Å². The number of rotatable bonds is 4. The highest BCUT2D eigenvalue weighted by Gasteiger charge is 2.31. The van der Waals surface area contributed by atoms with Crippen molar-refractivity contribution in [2.75, 3.05) is 26.3 Å². The fourth-order valence-electron chi connectivity index (χ4n) is 3.31. The summed E-state index contributed by atoms with van der Waals surface area (Å²) in [6.07, 6.45) is 0. The van der Waals surface area contributed by atoms with Crippen molar-refractivity contribution in [1.29, 1.82) is 0 Å². The third-order valence-corrected chi connectivity index (χ3v) is 5.84. The molecule has 0 aromatic carbocycles. The molecule has 8 heteroatoms. The number of aryl methyl sites for hydroxylation is 1. The molecular formula is C18H25N3O4S. The van der Waals surface area contributed by atoms with Crippen molar-refractivity contribution in [2.24, 2.45) is 0 Å². The maximum atomic E-state index is 12.6. The van der Waals surface area contributed by atoms with Crippen LogP contribution in [0.25, 0.3) is 10.2 Å². The van der Waals surface area contributed by atoms with E-state index in [2.05, 4.69) is 28.7 Å². The second kappa shape index (κ2) is 7.09. The van der Waals surface area contributed by atoms with Crippen molar-refractivity contribution in [3.63, 3.8) is 0 Å². The Labute approximate surface area is 156 Å². The quantitative estimate of drug-likeness (QED) is 0.822. The van der Waals surface area contributed by atoms with Crippen molar-refractivity contribution in [3.8, 4) is 0 Å². The van der Waals surface area contributed by atoms with Gasteiger partial charge in [0.1, 0.15) is 15.5 Å². The molecule has 1 aliphatic heterocycles. The highest BCUT2D eigenvalue weighted by molar-refractivity contribution is 7.20. The van der Waals surface area contributed by atoms with E-state index in [-0.39, 0.29) is 17.2 Å². The van der Waals surface area contributed by atoms with Gasteiger partial charge in [-0.05, 0) is 40.2 Å². The number of esters is 1. The molecule has 3 rings (SSSR count). The molecule has 0 radical (unpaired) electrons. The minimum Gasteiger partial charge on any atom is -0.462 e. The number of aromatic amines is 1. The Morgan fingerprint density at radius 2 is 2.23 bits per heavy atom. The summed E-state index contributed by atoms with van der Waals surface area (Å²) in [5, 5.41) is 0.469. The summed E-state index contributed by atoms with van der Waals surface area (Å²) in [7, 11) is 0. The molecule has 2 aromatic heterocycles. The van der Waals surface area contributed by atoms with Gasteiger partial charge in [0, 0.05) is 13.1 Å². The van der Waals surface area contributed by atoms with Gasteiger partial charge in [0.05, 0.1) is 30.2 Å². The fraction of sp³-hybridized carbons (Fsp3) is 0.611. The van der Waals surface area contributed by atoms with Gasteiger partial charge in [-0.25, -0.2) is 9.78 Å². The minimum absolute atomic E-state index is 0.0521. The SMILES string of the molecule is CCOC(=O)c1sc2nc(C(C)N3CCOC(C)(C)C3)[nH]c(=O)c2c1C. The molecule has 1 unspecified atom stereocenters. The number of carbonyl (C=O) groups is 1. The normalized spacial score (nSPS) is 18.8. The van der Waals surface area contributed by atoms with E-state index in [1.165, 1.54) is 11.3 Å². The van der Waals surface area contributed by atoms with Gasteiger partial charge in [-0.2, -0.15) is 0 Å². The number of hydrogen-bond acceptors (Lipinski definition) is 7. The van der Waals surface area contributed by atoms with Crippen LogP contribution >= 0.6 is 11.3 Å². The first-order chi connectivity index (χ1) is 12.2. The first-order valence-corrected chi connectivity index (χ1v) is 9.63. The van der Waals surface area contributed by atoms with Crippen LogP contribution in [0.3, 0.4) is 0 Å². The summed E-state index contributed by atoms with van der Waals surface area (Å²) in [6.45, 7) is 12.1. The summed E-state index contributed by atoms with van der Waals surface area (Å²) in [5.41, 5.74) is 0.186. The molecule has 0 aliphatic carbocycles. The monoisotopic (exact) mass is 379 g/mol. The molecule has 1 fully saturated rings. The van der Waals surface area contributed by atoms with Crippen molar-refractivity contribution in [2.45, 2.75) is 46.3 Å². The number of aromatic nitrogens is 2. The number of nitrogens with one attached hydrogen (secondary N) is 1. The van der Waals surface area contributed by atoms with Crippen LogP contribution in [-0.4, -0.2) is 52.7 Å². The lowest BCUT2D eigenvalue weighted by molar-refractivity contribution is -0.0966. The lowest BCUT2D eigenvalue weighted by Crippen LogP contribution is -2.49. The van der Waals surface area contributed by atoms with E-state index in [1.54, 1.807) is 13.8 Å². The first kappa shape index (κ1) is 19.0. The zero-order valence-corrected chi connectivity index (χ0v) is 16.7. The second-order valence-corrected chi connectivity index (χ2v) is 8.16. The molecule has 7 nitrogen and oxygen atoms in total. The lowest BCUT2D eigenvalue weighted by Gasteiger charge is -2.40. The van der Waals surface area contributed by atoms with E-state index < -0.39 is 5.97 Å². The van der Waals surface area contributed by atoms with Crippen LogP contribution in [0, 0.1) is 6.92 Å². The summed E-state index contributed by atoms with van der Waals surface area (Å²) in [6, 6.07) is -0.0521. The Hall–Kier alpha value is -1.77. The Bertz CT molecular complexity index is 886. The Morgan fingerprint density at radius 1 is 1.50 bits per heavy atom. The Balaban J connectivity index is 1.98. The average Bonchev–Trinajstić information content (AvgIpc) is 2.90. The summed E-state index contributed by atoms with van der Waals surface area (Å²) in [5.74, 6) is 0.203. The van der Waals surface area contributed by atoms with E-state index in [0.29, 0.717) is 39.7 Å². The van der Waals surface area contributed by atoms with Crippen molar-refractivity contribution in [3.05, 3.63) is 26.6 Å². The molecule has 0 amide bonds. The van der Waals surface area contributed by atoms with Crippen LogP contribution in [0.2, 0.25) is 0 Å². The highest BCUT2D eigenvalue weighted by Crippen LogP contribution is 2.30. The summed E-state index contributed by atoms with van der Waals surface area (Å²) >= 11 is 1.22. The van der Waals surface area contributed by atoms with Gasteiger partial charge in [0.15, 0.2) is 0 Å². The molecular weight excluding hydrogens is 354 g/mol. The number of fused-ring (bicyclic) bond motifs is 1. The largest absolute Gasteiger partial charge is 0.462 e. The van der Waals surface area contributed by atoms with Crippen LogP contribution in [-0.2, 0) is 9.47 Å². The van der Waals surface area contributed by atoms with Crippen LogP contribution in [0.5, 0.6) is 0 Å². The van der Waals surface area contributed by atoms with Crippen LogP contribution in [0.4, 0.5) is 0 Å². The van der Waals surface area contributed by atoms with Gasteiger partial charge in [-0.1, -0.05) is 0 Å². The molecule has 1 aliphatic rings. The smallest absolute Gasteiger partial charge is 0.348 e. The minimum atomic E-state index is -0.406. The van der Waals surface area contributed by atoms with Gasteiger partial charge in [-0.3, -0.25) is 9.69 Å². The average molecular weight is 379 g/mol. The van der Waals surface area contributed by atoms with E-state index in [4.69, 9.17) is 9.47 Å². The highest BCUT2D eigenvalue weighted by atomic mass is 32.1. The van der Waals surface area contributed by atoms with Gasteiger partial charge in [-0.15, -0.1) is 11.3 Å². The van der Waals surface area contributed by atoms with Gasteiger partial charge in [0.2, 0.25) is 0 Å². The zero-order chi connectivity index (χ0) is 19.1. The number of ether oxygens (including phenoxy) is 2. The van der Waals surface area contributed by atoms with Gasteiger partial charge < -0.3 is 14.5 Å². The standard InChI is InChI=1S/C18H25N3O4S/c1-6-24-17(23)13-10(2)12-15(22)19-14(20-16(12)26-13)11(3)21-7-8-25-18(4,5)9-21/h11H,6-9H2,1-5H3,(H,19,20,22). The molecule has 0 saturated carbocycles. The van der Waals surface area contributed by atoms with Crippen molar-refractivity contribution in [1.82, 2.24) is 14.9 Å². The lowest BCUT2D eigenvalue weighted by atomic mass is 10.1. The fourth-order valence-corrected chi connectivity index (χ4v) is 4.39. The molecule has 26 heavy (non-hydrogen) atoms. The van der Waals surface area contributed by atoms with E-state index >= 15 is 0 Å². The second-order valence-electron chi connectivity index (χ2n) is 7.16. The Morgan fingerprint density at radius 3 is 2.88 bits per heavy atom. The van der Waals surface area contributed by atoms with E-state index in [0.717, 1.165) is 13.1 Å². The van der Waals surface area contributed by atoms with Crippen LogP contribution in [0.1, 0.15) is 54.8 Å². The van der Waals surface area contributed by atoms with Crippen molar-refractivity contribution >= 4 is 27.5 Å². The first-order valence-electron chi connectivity index (χ1n) is 8.82. The molecule has 142 valence electrons. The van der Waals surface area contributed by atoms with Crippen LogP contribution < -0.4 is 5.56 Å². The van der Waals surface area contributed by atoms with Crippen molar-refractivity contribution < 1.29 is 14.3 Å². The number of nitrogens with zero attached hydrogens (tertiary/aromatic N) is 2. The Kier molecular flexibility index (Phi) is 5.18. The zero-order valence-electron chi connectivity index (χ0n) is 15.8. The molecule has 0 spiro atoms. The summed E-state index contributed by atoms with van der Waals surface area (Å²) < 4.78 is 10.8. The molecule has 1 saturated heterocycles. The maximum Gasteiger partial charge on any atom is 0.348 e. The van der Waals surface area contributed by atoms with E-state index in [9.17, 15) is 9.59 Å². The van der Waals surface area contributed by atoms with Gasteiger partial charge in [0.25, 0.3) is 5.56 Å². The topological polar surface area (TPSA) is 84.5 Å². The third-order valence-electron chi connectivity index (χ3n) is 4.68. The predicted molar refractivity (Wildman–Crippen MR) is 101 cm³/mol. The summed E-state index contributed by atoms with van der Waals surface area (Å²) in [4.78, 5) is 35.6. The number of thiophene rings is 1. The number of H-pyrrole nitrogens is 1. The molecule has 1 N–H and O–H groups in total. The third kappa shape index (κ3) is 3.54. The van der Waals surface area contributed by atoms with Gasteiger partial charge >= 0.3 is 5.97 Å². The molecule has 0 bridgehead atoms. The molecule has 3 heterocycles. The molecule has 2 aromatic rings. The maximum absolute atomic E-state index is 12.6. The number of morpholine rings is 1. The number of carbonyl (C=O) groups excluding carboxylic acids is 1. The molecule has 1 atom stereocenters. The number of hydrogen-bond donors (Lipinski definition) is 1.